The quantitative estimate of drug-likeness (QED) is 0.819. The zero-order chi connectivity index (χ0) is 14.4. The van der Waals surface area contributed by atoms with E-state index in [9.17, 15) is 8.78 Å². The summed E-state index contributed by atoms with van der Waals surface area (Å²) in [6, 6.07) is 6.39. The van der Waals surface area contributed by atoms with E-state index in [1.807, 2.05) is 6.92 Å². The number of nitrogens with one attached hydrogen (secondary N) is 1. The molecule has 0 amide bonds. The Morgan fingerprint density at radius 2 is 1.89 bits per heavy atom. The molecule has 0 saturated carbocycles. The average Bonchev–Trinajstić information content (AvgIpc) is 2.30. The number of halogens is 2. The largest absolute Gasteiger partial charge is 0.309 e. The van der Waals surface area contributed by atoms with Gasteiger partial charge in [0.1, 0.15) is 0 Å². The van der Waals surface area contributed by atoms with Crippen LogP contribution < -0.4 is 5.32 Å². The third-order valence-electron chi connectivity index (χ3n) is 3.20. The summed E-state index contributed by atoms with van der Waals surface area (Å²) < 4.78 is 24.8. The first-order valence-corrected chi connectivity index (χ1v) is 6.71. The molecular formula is C15H24F2N2. The van der Waals surface area contributed by atoms with Crippen LogP contribution >= 0.6 is 0 Å². The summed E-state index contributed by atoms with van der Waals surface area (Å²) in [6.07, 6.45) is -2.29. The third kappa shape index (κ3) is 5.25. The highest BCUT2D eigenvalue weighted by Crippen LogP contribution is 2.20. The number of alkyl halides is 2. The normalized spacial score (nSPS) is 13.3. The molecule has 0 heterocycles. The zero-order valence-electron chi connectivity index (χ0n) is 12.2. The summed E-state index contributed by atoms with van der Waals surface area (Å²) in [5, 5.41) is 3.38. The van der Waals surface area contributed by atoms with E-state index in [4.69, 9.17) is 0 Å². The van der Waals surface area contributed by atoms with Crippen molar-refractivity contribution >= 4 is 0 Å². The Kier molecular flexibility index (Phi) is 6.38. The van der Waals surface area contributed by atoms with Crippen molar-refractivity contribution in [3.63, 3.8) is 0 Å². The molecule has 1 aromatic rings. The Balaban J connectivity index is 2.84. The molecule has 0 saturated heterocycles. The molecule has 0 spiro atoms. The van der Waals surface area contributed by atoms with E-state index in [2.05, 4.69) is 37.4 Å². The van der Waals surface area contributed by atoms with E-state index in [-0.39, 0.29) is 12.6 Å². The van der Waals surface area contributed by atoms with Gasteiger partial charge < -0.3 is 5.32 Å². The minimum atomic E-state index is -2.29. The monoisotopic (exact) mass is 270 g/mol. The van der Waals surface area contributed by atoms with Gasteiger partial charge in [0.15, 0.2) is 0 Å². The topological polar surface area (TPSA) is 15.3 Å². The van der Waals surface area contributed by atoms with E-state index in [1.165, 1.54) is 16.7 Å². The van der Waals surface area contributed by atoms with Crippen LogP contribution in [-0.2, 0) is 0 Å². The van der Waals surface area contributed by atoms with Crippen molar-refractivity contribution in [2.45, 2.75) is 33.2 Å². The predicted octanol–water partition coefficient (Wildman–Crippen LogP) is 3.15. The smallest absolute Gasteiger partial charge is 0.251 e. The van der Waals surface area contributed by atoms with E-state index in [0.29, 0.717) is 6.54 Å². The predicted molar refractivity (Wildman–Crippen MR) is 75.8 cm³/mol. The summed E-state index contributed by atoms with van der Waals surface area (Å²) in [5.41, 5.74) is 3.59. The maximum Gasteiger partial charge on any atom is 0.251 e. The SMILES string of the molecule is CCNC(CN(C)CC(F)F)c1cc(C)ccc1C. The molecule has 0 aliphatic carbocycles. The van der Waals surface area contributed by atoms with Crippen molar-refractivity contribution in [1.29, 1.82) is 0 Å². The van der Waals surface area contributed by atoms with Gasteiger partial charge >= 0.3 is 0 Å². The summed E-state index contributed by atoms with van der Waals surface area (Å²) in [6.45, 7) is 7.36. The number of likely N-dealkylation sites (N-methyl/N-ethyl adjacent to an activating group) is 2. The number of hydrogen-bond acceptors (Lipinski definition) is 2. The van der Waals surface area contributed by atoms with Crippen molar-refractivity contribution < 1.29 is 8.78 Å². The Morgan fingerprint density at radius 1 is 1.21 bits per heavy atom. The second kappa shape index (κ2) is 7.56. The molecule has 1 N–H and O–H groups in total. The van der Waals surface area contributed by atoms with Crippen molar-refractivity contribution in [1.82, 2.24) is 10.2 Å². The highest BCUT2D eigenvalue weighted by atomic mass is 19.3. The molecule has 1 atom stereocenters. The summed E-state index contributed by atoms with van der Waals surface area (Å²) in [5.74, 6) is 0. The second-order valence-electron chi connectivity index (χ2n) is 5.08. The summed E-state index contributed by atoms with van der Waals surface area (Å²) in [4.78, 5) is 1.68. The number of hydrogen-bond donors (Lipinski definition) is 1. The Labute approximate surface area is 114 Å². The van der Waals surface area contributed by atoms with Crippen LogP contribution in [0.1, 0.15) is 29.7 Å². The highest BCUT2D eigenvalue weighted by molar-refractivity contribution is 5.33. The van der Waals surface area contributed by atoms with Crippen LogP contribution in [0.2, 0.25) is 0 Å². The van der Waals surface area contributed by atoms with Gasteiger partial charge in [0, 0.05) is 12.6 Å². The zero-order valence-corrected chi connectivity index (χ0v) is 12.2. The van der Waals surface area contributed by atoms with Gasteiger partial charge in [-0.25, -0.2) is 8.78 Å². The molecule has 4 heteroatoms. The van der Waals surface area contributed by atoms with Gasteiger partial charge in [0.2, 0.25) is 0 Å². The molecule has 0 fully saturated rings. The molecule has 0 bridgehead atoms. The fraction of sp³-hybridized carbons (Fsp3) is 0.600. The molecule has 19 heavy (non-hydrogen) atoms. The van der Waals surface area contributed by atoms with E-state index in [0.717, 1.165) is 6.54 Å². The lowest BCUT2D eigenvalue weighted by atomic mass is 9.98. The number of benzene rings is 1. The molecule has 0 aromatic heterocycles. The van der Waals surface area contributed by atoms with Gasteiger partial charge in [-0.05, 0) is 38.6 Å². The number of rotatable bonds is 7. The summed E-state index contributed by atoms with van der Waals surface area (Å²) in [7, 11) is 1.74. The number of aryl methyl sites for hydroxylation is 2. The maximum atomic E-state index is 12.4. The van der Waals surface area contributed by atoms with Crippen LogP contribution in [0.5, 0.6) is 0 Å². The minimum Gasteiger partial charge on any atom is -0.309 e. The lowest BCUT2D eigenvalue weighted by Gasteiger charge is -2.26. The van der Waals surface area contributed by atoms with Gasteiger partial charge in [-0.3, -0.25) is 4.90 Å². The molecule has 108 valence electrons. The first-order chi connectivity index (χ1) is 8.93. The Hall–Kier alpha value is -1.00. The van der Waals surface area contributed by atoms with E-state index >= 15 is 0 Å². The van der Waals surface area contributed by atoms with Gasteiger partial charge in [-0.1, -0.05) is 30.7 Å². The van der Waals surface area contributed by atoms with Crippen molar-refractivity contribution in [2.24, 2.45) is 0 Å². The van der Waals surface area contributed by atoms with Crippen LogP contribution in [0.4, 0.5) is 8.78 Å². The Morgan fingerprint density at radius 3 is 2.47 bits per heavy atom. The lowest BCUT2D eigenvalue weighted by Crippen LogP contribution is -2.35. The average molecular weight is 270 g/mol. The summed E-state index contributed by atoms with van der Waals surface area (Å²) >= 11 is 0. The van der Waals surface area contributed by atoms with Gasteiger partial charge in [0.25, 0.3) is 6.43 Å². The third-order valence-corrected chi connectivity index (χ3v) is 3.20. The van der Waals surface area contributed by atoms with Crippen LogP contribution in [0.3, 0.4) is 0 Å². The van der Waals surface area contributed by atoms with Crippen LogP contribution in [-0.4, -0.2) is 38.0 Å². The minimum absolute atomic E-state index is 0.0913. The number of nitrogens with zero attached hydrogens (tertiary/aromatic N) is 1. The molecule has 0 aliphatic rings. The Bertz CT molecular complexity index is 394. The lowest BCUT2D eigenvalue weighted by molar-refractivity contribution is 0.0959. The van der Waals surface area contributed by atoms with Crippen LogP contribution in [0.25, 0.3) is 0 Å². The van der Waals surface area contributed by atoms with Crippen molar-refractivity contribution in [3.05, 3.63) is 34.9 Å². The maximum absolute atomic E-state index is 12.4. The van der Waals surface area contributed by atoms with Crippen LogP contribution in [0, 0.1) is 13.8 Å². The van der Waals surface area contributed by atoms with E-state index in [1.54, 1.807) is 11.9 Å². The van der Waals surface area contributed by atoms with Gasteiger partial charge in [0.05, 0.1) is 6.54 Å². The molecule has 0 radical (unpaired) electrons. The molecule has 1 aromatic carbocycles. The second-order valence-corrected chi connectivity index (χ2v) is 5.08. The molecule has 1 unspecified atom stereocenters. The first kappa shape index (κ1) is 16.1. The van der Waals surface area contributed by atoms with Gasteiger partial charge in [-0.2, -0.15) is 0 Å². The van der Waals surface area contributed by atoms with Gasteiger partial charge in [-0.15, -0.1) is 0 Å². The highest BCUT2D eigenvalue weighted by Gasteiger charge is 2.17. The van der Waals surface area contributed by atoms with Crippen molar-refractivity contribution in [3.8, 4) is 0 Å². The first-order valence-electron chi connectivity index (χ1n) is 6.71. The fourth-order valence-electron chi connectivity index (χ4n) is 2.28. The van der Waals surface area contributed by atoms with Crippen molar-refractivity contribution in [2.75, 3.05) is 26.7 Å². The molecular weight excluding hydrogens is 246 g/mol. The molecule has 2 nitrogen and oxygen atoms in total. The molecule has 0 aliphatic heterocycles. The molecule has 1 rings (SSSR count). The van der Waals surface area contributed by atoms with E-state index < -0.39 is 6.43 Å². The fourth-order valence-corrected chi connectivity index (χ4v) is 2.28. The standard InChI is InChI=1S/C15H24F2N2/c1-5-18-14(9-19(4)10-15(16)17)13-8-11(2)6-7-12(13)3/h6-8,14-15,18H,5,9-10H2,1-4H3. The van der Waals surface area contributed by atoms with Crippen LogP contribution in [0.15, 0.2) is 18.2 Å².